The Balaban J connectivity index is 2.11. The highest BCUT2D eigenvalue weighted by atomic mass is 16.5. The quantitative estimate of drug-likeness (QED) is 0.687. The molecule has 132 valence electrons. The molecule has 1 amide bonds. The van der Waals surface area contributed by atoms with Gasteiger partial charge in [0.25, 0.3) is 5.91 Å². The molecule has 1 atom stereocenters. The second-order valence-electron chi connectivity index (χ2n) is 6.12. The highest BCUT2D eigenvalue weighted by Gasteiger charge is 2.25. The fraction of sp³-hybridized carbons (Fsp3) is 0.556. The summed E-state index contributed by atoms with van der Waals surface area (Å²) in [6, 6.07) is 4.05. The minimum atomic E-state index is -1.02. The van der Waals surface area contributed by atoms with Crippen LogP contribution in [0.25, 0.3) is 0 Å². The molecule has 1 aromatic rings. The molecule has 0 aromatic heterocycles. The van der Waals surface area contributed by atoms with E-state index in [9.17, 15) is 14.7 Å². The van der Waals surface area contributed by atoms with E-state index in [1.807, 2.05) is 6.92 Å². The van der Waals surface area contributed by atoms with Crippen LogP contribution in [0.1, 0.15) is 49.4 Å². The molecule has 1 aliphatic carbocycles. The third-order valence-electron chi connectivity index (χ3n) is 4.05. The zero-order chi connectivity index (χ0) is 17.5. The first kappa shape index (κ1) is 18.1. The monoisotopic (exact) mass is 335 g/mol. The lowest BCUT2D eigenvalue weighted by molar-refractivity contribution is -0.139. The Morgan fingerprint density at radius 2 is 2.12 bits per heavy atom. The Bertz CT molecular complexity index is 583. The molecule has 1 fully saturated rings. The van der Waals surface area contributed by atoms with Gasteiger partial charge in [0.05, 0.1) is 19.3 Å². The Kier molecular flexibility index (Phi) is 6.46. The first-order chi connectivity index (χ1) is 11.5. The van der Waals surface area contributed by atoms with Gasteiger partial charge < -0.3 is 19.9 Å². The van der Waals surface area contributed by atoms with Gasteiger partial charge in [-0.1, -0.05) is 19.8 Å². The van der Waals surface area contributed by atoms with Gasteiger partial charge >= 0.3 is 5.97 Å². The second kappa shape index (κ2) is 8.57. The van der Waals surface area contributed by atoms with Gasteiger partial charge in [0.1, 0.15) is 17.5 Å². The van der Waals surface area contributed by atoms with Crippen molar-refractivity contribution in [1.29, 1.82) is 0 Å². The van der Waals surface area contributed by atoms with Crippen molar-refractivity contribution < 1.29 is 24.2 Å². The largest absolute Gasteiger partial charge is 0.497 e. The summed E-state index contributed by atoms with van der Waals surface area (Å²) in [6.45, 7) is 2.54. The average Bonchev–Trinajstić information content (AvgIpc) is 3.40. The maximum Gasteiger partial charge on any atom is 0.326 e. The number of rotatable bonds is 10. The third kappa shape index (κ3) is 5.15. The number of carbonyl (C=O) groups excluding carboxylic acids is 1. The number of carboxylic acids is 1. The lowest BCUT2D eigenvalue weighted by Crippen LogP contribution is -2.40. The van der Waals surface area contributed by atoms with Crippen molar-refractivity contribution >= 4 is 11.9 Å². The molecule has 0 bridgehead atoms. The number of ether oxygens (including phenoxy) is 2. The number of unbranched alkanes of at least 4 members (excludes halogenated alkanes) is 1. The summed E-state index contributed by atoms with van der Waals surface area (Å²) in [6.07, 6.45) is 4.31. The number of hydrogen-bond donors (Lipinski definition) is 2. The lowest BCUT2D eigenvalue weighted by Gasteiger charge is -2.17. The predicted octanol–water partition coefficient (Wildman–Crippen LogP) is 2.86. The van der Waals surface area contributed by atoms with E-state index < -0.39 is 17.9 Å². The maximum atomic E-state index is 12.5. The van der Waals surface area contributed by atoms with Crippen LogP contribution in [0.5, 0.6) is 11.5 Å². The molecule has 1 aliphatic rings. The molecule has 0 aliphatic heterocycles. The molecule has 24 heavy (non-hydrogen) atoms. The fourth-order valence-electron chi connectivity index (χ4n) is 2.33. The average molecular weight is 335 g/mol. The van der Waals surface area contributed by atoms with Crippen molar-refractivity contribution in [3.8, 4) is 11.5 Å². The van der Waals surface area contributed by atoms with Crippen molar-refractivity contribution in [1.82, 2.24) is 5.32 Å². The van der Waals surface area contributed by atoms with E-state index in [0.29, 0.717) is 36.0 Å². The zero-order valence-electron chi connectivity index (χ0n) is 14.2. The van der Waals surface area contributed by atoms with Gasteiger partial charge in [0.15, 0.2) is 0 Å². The Morgan fingerprint density at radius 1 is 1.38 bits per heavy atom. The van der Waals surface area contributed by atoms with Crippen LogP contribution < -0.4 is 14.8 Å². The molecule has 1 aromatic carbocycles. The van der Waals surface area contributed by atoms with Gasteiger partial charge in [-0.05, 0) is 37.3 Å². The minimum Gasteiger partial charge on any atom is -0.497 e. The van der Waals surface area contributed by atoms with E-state index in [0.717, 1.165) is 25.7 Å². The van der Waals surface area contributed by atoms with Crippen LogP contribution in [0.3, 0.4) is 0 Å². The summed E-state index contributed by atoms with van der Waals surface area (Å²) in [7, 11) is 1.55. The normalized spacial score (nSPS) is 14.8. The molecule has 6 heteroatoms. The molecule has 0 radical (unpaired) electrons. The molecule has 0 heterocycles. The van der Waals surface area contributed by atoms with Gasteiger partial charge in [-0.3, -0.25) is 4.79 Å². The Labute approximate surface area is 142 Å². The highest BCUT2D eigenvalue weighted by Crippen LogP contribution is 2.31. The first-order valence-corrected chi connectivity index (χ1v) is 8.39. The van der Waals surface area contributed by atoms with Gasteiger partial charge in [-0.25, -0.2) is 4.79 Å². The molecule has 0 spiro atoms. The number of hydrogen-bond acceptors (Lipinski definition) is 4. The maximum absolute atomic E-state index is 12.5. The van der Waals surface area contributed by atoms with Crippen LogP contribution in [0.4, 0.5) is 0 Å². The van der Waals surface area contributed by atoms with Crippen LogP contribution >= 0.6 is 0 Å². The molecular weight excluding hydrogens is 310 g/mol. The SMILES string of the molecule is CCCC[C@H](NC(=O)c1ccc(OC)cc1OCC1CC1)C(=O)O. The second-order valence-corrected chi connectivity index (χ2v) is 6.12. The summed E-state index contributed by atoms with van der Waals surface area (Å²) in [5.41, 5.74) is 0.333. The molecule has 2 N–H and O–H groups in total. The summed E-state index contributed by atoms with van der Waals surface area (Å²) in [4.78, 5) is 23.8. The summed E-state index contributed by atoms with van der Waals surface area (Å²) in [5, 5.41) is 11.9. The van der Waals surface area contributed by atoms with Crippen LogP contribution in [0.2, 0.25) is 0 Å². The van der Waals surface area contributed by atoms with Crippen LogP contribution in [0.15, 0.2) is 18.2 Å². The predicted molar refractivity (Wildman–Crippen MR) is 89.6 cm³/mol. The summed E-state index contributed by atoms with van der Waals surface area (Å²) < 4.78 is 10.9. The van der Waals surface area contributed by atoms with Crippen molar-refractivity contribution in [3.63, 3.8) is 0 Å². The van der Waals surface area contributed by atoms with Gasteiger partial charge in [-0.15, -0.1) is 0 Å². The molecule has 0 unspecified atom stereocenters. The summed E-state index contributed by atoms with van der Waals surface area (Å²) >= 11 is 0. The third-order valence-corrected chi connectivity index (χ3v) is 4.05. The standard InChI is InChI=1S/C18H25NO5/c1-3-4-5-15(18(21)22)19-17(20)14-9-8-13(23-2)10-16(14)24-11-12-6-7-12/h8-10,12,15H,3-7,11H2,1-2H3,(H,19,20)(H,21,22)/t15-/m0/s1. The molecule has 0 saturated heterocycles. The molecule has 1 saturated carbocycles. The smallest absolute Gasteiger partial charge is 0.326 e. The Hall–Kier alpha value is -2.24. The van der Waals surface area contributed by atoms with E-state index in [4.69, 9.17) is 9.47 Å². The highest BCUT2D eigenvalue weighted by molar-refractivity contribution is 5.99. The molecule has 6 nitrogen and oxygen atoms in total. The van der Waals surface area contributed by atoms with Gasteiger partial charge in [-0.2, -0.15) is 0 Å². The first-order valence-electron chi connectivity index (χ1n) is 8.39. The number of carbonyl (C=O) groups is 2. The van der Waals surface area contributed by atoms with Crippen molar-refractivity contribution in [3.05, 3.63) is 23.8 Å². The van der Waals surface area contributed by atoms with E-state index in [1.165, 1.54) is 0 Å². The van der Waals surface area contributed by atoms with E-state index in [-0.39, 0.29) is 0 Å². The van der Waals surface area contributed by atoms with E-state index in [2.05, 4.69) is 5.32 Å². The van der Waals surface area contributed by atoms with Crippen molar-refractivity contribution in [2.45, 2.75) is 45.1 Å². The Morgan fingerprint density at radius 3 is 2.71 bits per heavy atom. The molecular formula is C18H25NO5. The molecule has 2 rings (SSSR count). The topological polar surface area (TPSA) is 84.9 Å². The van der Waals surface area contributed by atoms with E-state index in [1.54, 1.807) is 25.3 Å². The minimum absolute atomic E-state index is 0.333. The van der Waals surface area contributed by atoms with Crippen LogP contribution in [-0.4, -0.2) is 36.7 Å². The number of amides is 1. The fourth-order valence-corrected chi connectivity index (χ4v) is 2.33. The van der Waals surface area contributed by atoms with Crippen LogP contribution in [-0.2, 0) is 4.79 Å². The number of nitrogens with one attached hydrogen (secondary N) is 1. The number of methoxy groups -OCH3 is 1. The van der Waals surface area contributed by atoms with Gasteiger partial charge in [0.2, 0.25) is 0 Å². The van der Waals surface area contributed by atoms with Crippen molar-refractivity contribution in [2.24, 2.45) is 5.92 Å². The van der Waals surface area contributed by atoms with Gasteiger partial charge in [0, 0.05) is 6.07 Å². The lowest BCUT2D eigenvalue weighted by atomic mass is 10.1. The van der Waals surface area contributed by atoms with Crippen molar-refractivity contribution in [2.75, 3.05) is 13.7 Å². The van der Waals surface area contributed by atoms with Crippen LogP contribution in [0, 0.1) is 5.92 Å². The zero-order valence-corrected chi connectivity index (χ0v) is 14.2. The summed E-state index contributed by atoms with van der Waals surface area (Å²) in [5.74, 6) is 0.109. The number of benzene rings is 1. The number of aliphatic carboxylic acids is 1. The van der Waals surface area contributed by atoms with E-state index >= 15 is 0 Å². The number of carboxylic acid groups (broad SMARTS) is 1.